The zero-order chi connectivity index (χ0) is 18.0. The molecule has 0 bridgehead atoms. The van der Waals surface area contributed by atoms with Crippen LogP contribution in [-0.4, -0.2) is 18.3 Å². The molecule has 1 saturated heterocycles. The molecule has 0 radical (unpaired) electrons. The summed E-state index contributed by atoms with van der Waals surface area (Å²) in [6.45, 7) is 8.21. The van der Waals surface area contributed by atoms with Gasteiger partial charge in [0.1, 0.15) is 0 Å². The first-order valence-electron chi connectivity index (χ1n) is 8.60. The molecule has 0 spiro atoms. The van der Waals surface area contributed by atoms with E-state index in [1.54, 1.807) is 0 Å². The molecular weight excluding hydrogens is 311 g/mol. The quantitative estimate of drug-likeness (QED) is 0.726. The van der Waals surface area contributed by atoms with Crippen LogP contribution < -0.4 is 5.46 Å². The molecule has 2 rings (SSSR count). The molecule has 0 N–H and O–H groups in total. The zero-order valence-electron chi connectivity index (χ0n) is 14.7. The summed E-state index contributed by atoms with van der Waals surface area (Å²) in [6.07, 6.45) is 0.453. The molecule has 6 heteroatoms. The molecular formula is C18H24BF2NO2. The van der Waals surface area contributed by atoms with E-state index in [0.29, 0.717) is 11.0 Å². The second-order valence-electron chi connectivity index (χ2n) is 6.23. The molecule has 1 aliphatic rings. The van der Waals surface area contributed by atoms with Crippen molar-refractivity contribution in [2.45, 2.75) is 71.0 Å². The van der Waals surface area contributed by atoms with Crippen LogP contribution in [0.25, 0.3) is 0 Å². The molecule has 0 aliphatic carbocycles. The van der Waals surface area contributed by atoms with Crippen molar-refractivity contribution in [1.29, 1.82) is 5.26 Å². The van der Waals surface area contributed by atoms with Gasteiger partial charge in [-0.05, 0) is 31.7 Å². The summed E-state index contributed by atoms with van der Waals surface area (Å²) >= 11 is 0. The lowest BCUT2D eigenvalue weighted by atomic mass is 9.75. The second kappa shape index (κ2) is 7.20. The standard InChI is InChI=1S/C18H24BF2NO2/c1-5-17(6-2)18(7-3,8-4)24-19(23-17)15-11-13(16(20)21)9-10-14(15)12-22/h9-11,16H,5-8H2,1-4H3. The van der Waals surface area contributed by atoms with Crippen LogP contribution in [0.5, 0.6) is 0 Å². The van der Waals surface area contributed by atoms with Gasteiger partial charge in [0.05, 0.1) is 22.8 Å². The Morgan fingerprint density at radius 3 is 1.92 bits per heavy atom. The van der Waals surface area contributed by atoms with Crippen LogP contribution in [0.2, 0.25) is 0 Å². The maximum absolute atomic E-state index is 13.1. The van der Waals surface area contributed by atoms with Crippen LogP contribution >= 0.6 is 0 Å². The highest BCUT2D eigenvalue weighted by Gasteiger charge is 2.58. The molecule has 24 heavy (non-hydrogen) atoms. The number of hydrogen-bond acceptors (Lipinski definition) is 3. The lowest BCUT2D eigenvalue weighted by molar-refractivity contribution is -0.0601. The van der Waals surface area contributed by atoms with Gasteiger partial charge in [-0.3, -0.25) is 0 Å². The highest BCUT2D eigenvalue weighted by atomic mass is 19.3. The molecule has 0 amide bonds. The minimum absolute atomic E-state index is 0.125. The second-order valence-corrected chi connectivity index (χ2v) is 6.23. The number of hydrogen-bond donors (Lipinski definition) is 0. The Kier molecular flexibility index (Phi) is 5.67. The van der Waals surface area contributed by atoms with Crippen molar-refractivity contribution in [2.24, 2.45) is 0 Å². The normalized spacial score (nSPS) is 18.8. The molecule has 3 nitrogen and oxygen atoms in total. The maximum atomic E-state index is 13.1. The number of nitriles is 1. The van der Waals surface area contributed by atoms with Gasteiger partial charge in [0.25, 0.3) is 6.43 Å². The highest BCUT2D eigenvalue weighted by Crippen LogP contribution is 2.46. The van der Waals surface area contributed by atoms with Gasteiger partial charge in [-0.25, -0.2) is 8.78 Å². The molecule has 1 aromatic rings. The molecule has 1 heterocycles. The lowest BCUT2D eigenvalue weighted by Gasteiger charge is -2.42. The van der Waals surface area contributed by atoms with Crippen molar-refractivity contribution in [2.75, 3.05) is 0 Å². The summed E-state index contributed by atoms with van der Waals surface area (Å²) in [5.74, 6) is 0. The zero-order valence-corrected chi connectivity index (χ0v) is 14.7. The largest absolute Gasteiger partial charge is 0.496 e. The molecule has 130 valence electrons. The third-order valence-electron chi connectivity index (χ3n) is 5.48. The predicted molar refractivity (Wildman–Crippen MR) is 90.3 cm³/mol. The minimum atomic E-state index is -2.60. The Morgan fingerprint density at radius 2 is 1.54 bits per heavy atom. The Hall–Kier alpha value is -1.45. The molecule has 1 aromatic carbocycles. The summed E-state index contributed by atoms with van der Waals surface area (Å²) in [7, 11) is -0.793. The van der Waals surface area contributed by atoms with E-state index in [9.17, 15) is 14.0 Å². The molecule has 0 unspecified atom stereocenters. The van der Waals surface area contributed by atoms with E-state index >= 15 is 0 Å². The van der Waals surface area contributed by atoms with Crippen LogP contribution in [0.3, 0.4) is 0 Å². The molecule has 0 atom stereocenters. The SMILES string of the molecule is CCC1(CC)OB(c2cc(C(F)F)ccc2C#N)OC1(CC)CC. The van der Waals surface area contributed by atoms with Crippen molar-refractivity contribution in [3.05, 3.63) is 29.3 Å². The van der Waals surface area contributed by atoms with Crippen LogP contribution in [-0.2, 0) is 9.31 Å². The number of benzene rings is 1. The highest BCUT2D eigenvalue weighted by molar-refractivity contribution is 6.63. The molecule has 0 saturated carbocycles. The van der Waals surface area contributed by atoms with Gasteiger partial charge in [-0.1, -0.05) is 39.8 Å². The molecule has 0 aromatic heterocycles. The first kappa shape index (κ1) is 18.9. The summed E-state index contributed by atoms with van der Waals surface area (Å²) in [4.78, 5) is 0. The number of alkyl halides is 2. The van der Waals surface area contributed by atoms with Crippen LogP contribution in [0, 0.1) is 11.3 Å². The predicted octanol–water partition coefficient (Wildman–Crippen LogP) is 4.36. The topological polar surface area (TPSA) is 42.2 Å². The van der Waals surface area contributed by atoms with Crippen molar-refractivity contribution >= 4 is 12.6 Å². The van der Waals surface area contributed by atoms with Crippen LogP contribution in [0.4, 0.5) is 8.78 Å². The monoisotopic (exact) mass is 335 g/mol. The van der Waals surface area contributed by atoms with Gasteiger partial charge < -0.3 is 9.31 Å². The van der Waals surface area contributed by atoms with Crippen molar-refractivity contribution in [3.8, 4) is 6.07 Å². The fraction of sp³-hybridized carbons (Fsp3) is 0.611. The van der Waals surface area contributed by atoms with Gasteiger partial charge in [-0.2, -0.15) is 5.26 Å². The van der Waals surface area contributed by atoms with Crippen molar-refractivity contribution in [1.82, 2.24) is 0 Å². The van der Waals surface area contributed by atoms with Gasteiger partial charge in [-0.15, -0.1) is 0 Å². The number of nitrogens with zero attached hydrogens (tertiary/aromatic N) is 1. The number of rotatable bonds is 6. The number of halogens is 2. The van der Waals surface area contributed by atoms with E-state index in [4.69, 9.17) is 9.31 Å². The van der Waals surface area contributed by atoms with Crippen molar-refractivity contribution < 1.29 is 18.1 Å². The van der Waals surface area contributed by atoms with E-state index in [1.807, 2.05) is 0 Å². The first-order chi connectivity index (χ1) is 11.4. The van der Waals surface area contributed by atoms with Gasteiger partial charge in [0.15, 0.2) is 0 Å². The Balaban J connectivity index is 2.51. The van der Waals surface area contributed by atoms with Crippen LogP contribution in [0.15, 0.2) is 18.2 Å². The fourth-order valence-electron chi connectivity index (χ4n) is 3.91. The lowest BCUT2D eigenvalue weighted by Crippen LogP contribution is -2.50. The summed E-state index contributed by atoms with van der Waals surface area (Å²) < 4.78 is 38.7. The summed E-state index contributed by atoms with van der Waals surface area (Å²) in [5, 5.41) is 9.35. The van der Waals surface area contributed by atoms with E-state index in [1.165, 1.54) is 18.2 Å². The van der Waals surface area contributed by atoms with Gasteiger partial charge >= 0.3 is 7.12 Å². The first-order valence-corrected chi connectivity index (χ1v) is 8.60. The van der Waals surface area contributed by atoms with E-state index in [0.717, 1.165) is 25.7 Å². The Labute approximate surface area is 143 Å². The van der Waals surface area contributed by atoms with E-state index < -0.39 is 24.7 Å². The maximum Gasteiger partial charge on any atom is 0.496 e. The fourth-order valence-corrected chi connectivity index (χ4v) is 3.91. The average Bonchev–Trinajstić information content (AvgIpc) is 2.96. The third kappa shape index (κ3) is 2.85. The van der Waals surface area contributed by atoms with E-state index in [-0.39, 0.29) is 5.56 Å². The average molecular weight is 335 g/mol. The van der Waals surface area contributed by atoms with Crippen LogP contribution in [0.1, 0.15) is 70.9 Å². The minimum Gasteiger partial charge on any atom is -0.399 e. The Morgan fingerprint density at radius 1 is 1.04 bits per heavy atom. The summed E-state index contributed by atoms with van der Waals surface area (Å²) in [6, 6.07) is 6.10. The summed E-state index contributed by atoms with van der Waals surface area (Å²) in [5.41, 5.74) is -0.372. The Bertz CT molecular complexity index is 602. The molecule has 1 fully saturated rings. The third-order valence-corrected chi connectivity index (χ3v) is 5.48. The van der Waals surface area contributed by atoms with E-state index in [2.05, 4.69) is 33.8 Å². The van der Waals surface area contributed by atoms with Crippen molar-refractivity contribution in [3.63, 3.8) is 0 Å². The molecule has 1 aliphatic heterocycles. The van der Waals surface area contributed by atoms with Gasteiger partial charge in [0.2, 0.25) is 0 Å². The smallest absolute Gasteiger partial charge is 0.399 e. The van der Waals surface area contributed by atoms with Gasteiger partial charge in [0, 0.05) is 11.0 Å².